The molecule has 0 aliphatic carbocycles. The van der Waals surface area contributed by atoms with Gasteiger partial charge in [0.2, 0.25) is 0 Å². The van der Waals surface area contributed by atoms with Gasteiger partial charge in [0.25, 0.3) is 0 Å². The lowest BCUT2D eigenvalue weighted by atomic mass is 9.96. The highest BCUT2D eigenvalue weighted by Gasteiger charge is 2.20. The zero-order chi connectivity index (χ0) is 14.4. The highest BCUT2D eigenvalue weighted by Crippen LogP contribution is 2.18. The number of hydrogen-bond acceptors (Lipinski definition) is 4. The van der Waals surface area contributed by atoms with E-state index in [4.69, 9.17) is 0 Å². The molecule has 2 rings (SSSR count). The van der Waals surface area contributed by atoms with Crippen LogP contribution in [0.25, 0.3) is 0 Å². The number of rotatable bonds is 7. The number of aliphatic hydroxyl groups is 1. The van der Waals surface area contributed by atoms with Gasteiger partial charge < -0.3 is 14.9 Å². The Morgan fingerprint density at radius 3 is 2.80 bits per heavy atom. The van der Waals surface area contributed by atoms with Gasteiger partial charge >= 0.3 is 0 Å². The van der Waals surface area contributed by atoms with Gasteiger partial charge in [-0.2, -0.15) is 0 Å². The summed E-state index contributed by atoms with van der Waals surface area (Å²) in [5, 5.41) is 11.6. The van der Waals surface area contributed by atoms with E-state index in [2.05, 4.69) is 34.4 Å². The predicted molar refractivity (Wildman–Crippen MR) is 86.4 cm³/mol. The van der Waals surface area contributed by atoms with Crippen LogP contribution in [0.15, 0.2) is 17.5 Å². The maximum atomic E-state index is 9.43. The van der Waals surface area contributed by atoms with Gasteiger partial charge in [0.1, 0.15) is 0 Å². The maximum Gasteiger partial charge on any atom is 0.0639 e. The van der Waals surface area contributed by atoms with Crippen molar-refractivity contribution in [1.29, 1.82) is 0 Å². The first-order valence-electron chi connectivity index (χ1n) is 7.75. The third kappa shape index (κ3) is 5.52. The number of hydrogen-bond donors (Lipinski definition) is 1. The second-order valence-corrected chi connectivity index (χ2v) is 7.22. The molecule has 20 heavy (non-hydrogen) atoms. The largest absolute Gasteiger partial charge is 0.392 e. The van der Waals surface area contributed by atoms with Crippen molar-refractivity contribution in [3.63, 3.8) is 0 Å². The molecule has 2 heterocycles. The van der Waals surface area contributed by atoms with Crippen molar-refractivity contribution in [1.82, 2.24) is 9.80 Å². The fraction of sp³-hybridized carbons (Fsp3) is 0.750. The van der Waals surface area contributed by atoms with Crippen LogP contribution in [-0.4, -0.2) is 60.8 Å². The maximum absolute atomic E-state index is 9.43. The van der Waals surface area contributed by atoms with E-state index in [0.717, 1.165) is 32.1 Å². The Morgan fingerprint density at radius 1 is 1.45 bits per heavy atom. The van der Waals surface area contributed by atoms with E-state index < -0.39 is 0 Å². The molecule has 1 aliphatic heterocycles. The molecule has 3 nitrogen and oxygen atoms in total. The second-order valence-electron chi connectivity index (χ2n) is 6.18. The SMILES string of the molecule is C[C@H](O)CN1CCC(CN(C)CCc2cccs2)CC1. The van der Waals surface area contributed by atoms with E-state index in [1.807, 2.05) is 18.3 Å². The van der Waals surface area contributed by atoms with E-state index in [0.29, 0.717) is 0 Å². The van der Waals surface area contributed by atoms with Gasteiger partial charge in [0.05, 0.1) is 6.10 Å². The first kappa shape index (κ1) is 16.0. The molecule has 114 valence electrons. The summed E-state index contributed by atoms with van der Waals surface area (Å²) in [6.45, 7) is 7.39. The lowest BCUT2D eigenvalue weighted by Gasteiger charge is -2.34. The van der Waals surface area contributed by atoms with Crippen LogP contribution < -0.4 is 0 Å². The number of likely N-dealkylation sites (tertiary alicyclic amines) is 1. The fourth-order valence-corrected chi connectivity index (χ4v) is 3.71. The fourth-order valence-electron chi connectivity index (χ4n) is 3.01. The number of aliphatic hydroxyl groups excluding tert-OH is 1. The minimum Gasteiger partial charge on any atom is -0.392 e. The molecule has 0 aromatic carbocycles. The Labute approximate surface area is 127 Å². The van der Waals surface area contributed by atoms with Gasteiger partial charge in [-0.15, -0.1) is 11.3 Å². The van der Waals surface area contributed by atoms with Crippen LogP contribution in [0.2, 0.25) is 0 Å². The van der Waals surface area contributed by atoms with E-state index in [9.17, 15) is 5.11 Å². The summed E-state index contributed by atoms with van der Waals surface area (Å²) in [6, 6.07) is 4.37. The zero-order valence-electron chi connectivity index (χ0n) is 12.8. The average Bonchev–Trinajstić information content (AvgIpc) is 2.91. The normalized spacial score (nSPS) is 19.6. The minimum atomic E-state index is -0.194. The van der Waals surface area contributed by atoms with Crippen molar-refractivity contribution in [3.05, 3.63) is 22.4 Å². The van der Waals surface area contributed by atoms with E-state index in [1.165, 1.54) is 30.7 Å². The summed E-state index contributed by atoms with van der Waals surface area (Å²) in [7, 11) is 2.25. The third-order valence-corrected chi connectivity index (χ3v) is 5.06. The van der Waals surface area contributed by atoms with Crippen LogP contribution in [0.1, 0.15) is 24.6 Å². The molecule has 1 aromatic rings. The number of β-amino-alcohol motifs (C(OH)–C–C–N with tert-alkyl or cyclic N) is 1. The van der Waals surface area contributed by atoms with Gasteiger partial charge in [-0.25, -0.2) is 0 Å². The second kappa shape index (κ2) is 8.13. The molecule has 0 amide bonds. The molecule has 0 radical (unpaired) electrons. The zero-order valence-corrected chi connectivity index (χ0v) is 13.6. The third-order valence-electron chi connectivity index (χ3n) is 4.12. The van der Waals surface area contributed by atoms with Gasteiger partial charge in [0, 0.05) is 24.5 Å². The monoisotopic (exact) mass is 296 g/mol. The van der Waals surface area contributed by atoms with Gasteiger partial charge in [-0.3, -0.25) is 0 Å². The van der Waals surface area contributed by atoms with Crippen molar-refractivity contribution < 1.29 is 5.11 Å². The van der Waals surface area contributed by atoms with Crippen LogP contribution >= 0.6 is 11.3 Å². The predicted octanol–water partition coefficient (Wildman–Crippen LogP) is 2.32. The van der Waals surface area contributed by atoms with Crippen molar-refractivity contribution in [2.45, 2.75) is 32.3 Å². The summed E-state index contributed by atoms with van der Waals surface area (Å²) < 4.78 is 0. The highest BCUT2D eigenvalue weighted by molar-refractivity contribution is 7.09. The molecule has 0 spiro atoms. The molecule has 1 aromatic heterocycles. The Morgan fingerprint density at radius 2 is 2.20 bits per heavy atom. The van der Waals surface area contributed by atoms with Gasteiger partial charge in [0.15, 0.2) is 0 Å². The first-order valence-corrected chi connectivity index (χ1v) is 8.63. The standard InChI is InChI=1S/C16H28N2OS/c1-14(19)12-18-9-5-15(6-10-18)13-17(2)8-7-16-4-3-11-20-16/h3-4,11,14-15,19H,5-10,12-13H2,1-2H3/t14-/m0/s1. The van der Waals surface area contributed by atoms with Gasteiger partial charge in [-0.05, 0) is 63.7 Å². The first-order chi connectivity index (χ1) is 9.63. The quantitative estimate of drug-likeness (QED) is 0.836. The number of thiophene rings is 1. The molecule has 1 saturated heterocycles. The van der Waals surface area contributed by atoms with Crippen molar-refractivity contribution in [2.24, 2.45) is 5.92 Å². The van der Waals surface area contributed by atoms with Crippen molar-refractivity contribution in [2.75, 3.05) is 39.8 Å². The topological polar surface area (TPSA) is 26.7 Å². The summed E-state index contributed by atoms with van der Waals surface area (Å²) in [6.07, 6.45) is 3.53. The minimum absolute atomic E-state index is 0.194. The molecular weight excluding hydrogens is 268 g/mol. The number of piperidine rings is 1. The van der Waals surface area contributed by atoms with Crippen LogP contribution in [0.4, 0.5) is 0 Å². The van der Waals surface area contributed by atoms with Crippen molar-refractivity contribution in [3.8, 4) is 0 Å². The van der Waals surface area contributed by atoms with Crippen LogP contribution in [0, 0.1) is 5.92 Å². The summed E-state index contributed by atoms with van der Waals surface area (Å²) in [5.74, 6) is 0.827. The van der Waals surface area contributed by atoms with Crippen LogP contribution in [-0.2, 0) is 6.42 Å². The van der Waals surface area contributed by atoms with E-state index >= 15 is 0 Å². The molecule has 0 bridgehead atoms. The van der Waals surface area contributed by atoms with Crippen molar-refractivity contribution >= 4 is 11.3 Å². The summed E-state index contributed by atoms with van der Waals surface area (Å²) >= 11 is 1.86. The van der Waals surface area contributed by atoms with E-state index in [-0.39, 0.29) is 6.10 Å². The lowest BCUT2D eigenvalue weighted by Crippen LogP contribution is -2.40. The molecule has 0 saturated carbocycles. The summed E-state index contributed by atoms with van der Waals surface area (Å²) in [4.78, 5) is 6.37. The average molecular weight is 296 g/mol. The molecular formula is C16H28N2OS. The van der Waals surface area contributed by atoms with Crippen LogP contribution in [0.5, 0.6) is 0 Å². The van der Waals surface area contributed by atoms with E-state index in [1.54, 1.807) is 0 Å². The molecule has 1 aliphatic rings. The summed E-state index contributed by atoms with van der Waals surface area (Å²) in [5.41, 5.74) is 0. The molecule has 4 heteroatoms. The molecule has 1 atom stereocenters. The highest BCUT2D eigenvalue weighted by atomic mass is 32.1. The molecule has 1 fully saturated rings. The molecule has 1 N–H and O–H groups in total. The Hall–Kier alpha value is -0.420. The lowest BCUT2D eigenvalue weighted by molar-refractivity contribution is 0.0927. The molecule has 0 unspecified atom stereocenters. The van der Waals surface area contributed by atoms with Gasteiger partial charge in [-0.1, -0.05) is 6.07 Å². The Kier molecular flexibility index (Phi) is 6.49. The number of nitrogens with zero attached hydrogens (tertiary/aromatic N) is 2. The van der Waals surface area contributed by atoms with Crippen LogP contribution in [0.3, 0.4) is 0 Å². The Balaban J connectivity index is 1.62. The number of likely N-dealkylation sites (N-methyl/N-ethyl adjacent to an activating group) is 1. The Bertz CT molecular complexity index is 359. The smallest absolute Gasteiger partial charge is 0.0639 e.